The maximum atomic E-state index is 12.3. The molecule has 2 rings (SSSR count). The Morgan fingerprint density at radius 1 is 1.16 bits per heavy atom. The highest BCUT2D eigenvalue weighted by Crippen LogP contribution is 2.34. The summed E-state index contributed by atoms with van der Waals surface area (Å²) in [5, 5.41) is 12.1. The molecule has 0 saturated heterocycles. The van der Waals surface area contributed by atoms with Gasteiger partial charge in [-0.2, -0.15) is 13.2 Å². The number of benzene rings is 1. The molecule has 0 fully saturated rings. The maximum Gasteiger partial charge on any atom is 0.471 e. The van der Waals surface area contributed by atoms with Crippen LogP contribution in [0.15, 0.2) is 24.3 Å². The van der Waals surface area contributed by atoms with Crippen LogP contribution in [0.3, 0.4) is 0 Å². The third kappa shape index (κ3) is 3.78. The highest BCUT2D eigenvalue weighted by molar-refractivity contribution is 5.93. The number of hydrogen-bond acceptors (Lipinski definition) is 2. The van der Waals surface area contributed by atoms with Crippen LogP contribution in [-0.4, -0.2) is 34.4 Å². The van der Waals surface area contributed by atoms with Gasteiger partial charge in [-0.15, -0.1) is 0 Å². The van der Waals surface area contributed by atoms with Gasteiger partial charge in [-0.1, -0.05) is 39.0 Å². The van der Waals surface area contributed by atoms with Crippen molar-refractivity contribution >= 4 is 22.9 Å². The number of fused-ring (bicyclic) bond motifs is 1. The summed E-state index contributed by atoms with van der Waals surface area (Å²) in [6.07, 6.45) is -6.01. The number of carbonyl (C=O) groups excluding carboxylic acids is 1. The Balaban J connectivity index is 2.48. The number of hydrogen-bond donors (Lipinski definition) is 2. The van der Waals surface area contributed by atoms with Crippen LogP contribution in [-0.2, 0) is 16.6 Å². The fourth-order valence-electron chi connectivity index (χ4n) is 2.95. The summed E-state index contributed by atoms with van der Waals surface area (Å²) in [5.41, 5.74) is 1.04. The molecular formula is C17H19F3N2O3. The van der Waals surface area contributed by atoms with Gasteiger partial charge in [0.25, 0.3) is 0 Å². The van der Waals surface area contributed by atoms with E-state index in [-0.39, 0.29) is 13.0 Å². The van der Waals surface area contributed by atoms with Gasteiger partial charge in [-0.05, 0) is 18.1 Å². The second kappa shape index (κ2) is 6.42. The summed E-state index contributed by atoms with van der Waals surface area (Å²) in [6, 6.07) is 6.81. The number of alkyl halides is 3. The Bertz CT molecular complexity index is 817. The van der Waals surface area contributed by atoms with E-state index in [9.17, 15) is 27.9 Å². The minimum absolute atomic E-state index is 0.0925. The Morgan fingerprint density at radius 3 is 2.28 bits per heavy atom. The van der Waals surface area contributed by atoms with E-state index in [1.807, 2.05) is 26.1 Å². The topological polar surface area (TPSA) is 71.3 Å². The molecule has 5 nitrogen and oxygen atoms in total. The highest BCUT2D eigenvalue weighted by atomic mass is 19.4. The van der Waals surface area contributed by atoms with E-state index in [4.69, 9.17) is 0 Å². The number of nitrogens with zero attached hydrogens (tertiary/aromatic N) is 1. The van der Waals surface area contributed by atoms with Crippen LogP contribution in [0, 0.1) is 0 Å². The third-order valence-electron chi connectivity index (χ3n) is 3.80. The first kappa shape index (κ1) is 18.8. The Labute approximate surface area is 142 Å². The van der Waals surface area contributed by atoms with Crippen LogP contribution in [0.1, 0.15) is 32.0 Å². The first-order valence-corrected chi connectivity index (χ1v) is 7.65. The van der Waals surface area contributed by atoms with Gasteiger partial charge in [0.05, 0.1) is 5.52 Å². The number of para-hydroxylation sites is 1. The number of amides is 1. The minimum atomic E-state index is -4.94. The zero-order valence-electron chi connectivity index (χ0n) is 14.1. The summed E-state index contributed by atoms with van der Waals surface area (Å²) >= 11 is 0. The van der Waals surface area contributed by atoms with Gasteiger partial charge in [0.1, 0.15) is 0 Å². The Hall–Kier alpha value is -2.51. The van der Waals surface area contributed by atoms with Crippen LogP contribution in [0.25, 0.3) is 10.9 Å². The molecule has 2 N–H and O–H groups in total. The van der Waals surface area contributed by atoms with Crippen molar-refractivity contribution < 1.29 is 27.9 Å². The molecule has 1 aromatic carbocycles. The lowest BCUT2D eigenvalue weighted by molar-refractivity contribution is -0.173. The molecule has 25 heavy (non-hydrogen) atoms. The van der Waals surface area contributed by atoms with Crippen molar-refractivity contribution in [1.29, 1.82) is 0 Å². The molecule has 0 atom stereocenters. The molecule has 0 spiro atoms. The second-order valence-electron chi connectivity index (χ2n) is 6.72. The van der Waals surface area contributed by atoms with Crippen molar-refractivity contribution in [3.8, 4) is 0 Å². The van der Waals surface area contributed by atoms with E-state index in [1.54, 1.807) is 24.3 Å². The molecule has 0 bridgehead atoms. The lowest BCUT2D eigenvalue weighted by Gasteiger charge is -2.22. The van der Waals surface area contributed by atoms with Crippen molar-refractivity contribution in [3.63, 3.8) is 0 Å². The lowest BCUT2D eigenvalue weighted by Crippen LogP contribution is -2.38. The standard InChI is InChI=1S/C17H19F3N2O3/c1-16(2,3)13-11(8-9-21-14(23)17(18,19)20)10-6-4-5-7-12(10)22(13)15(24)25/h4-7H,8-9H2,1-3H3,(H,21,23)(H,24,25). The van der Waals surface area contributed by atoms with E-state index in [2.05, 4.69) is 0 Å². The van der Waals surface area contributed by atoms with E-state index in [1.165, 1.54) is 0 Å². The van der Waals surface area contributed by atoms with E-state index in [0.29, 0.717) is 22.2 Å². The molecule has 0 unspecified atom stereocenters. The summed E-state index contributed by atoms with van der Waals surface area (Å²) in [4.78, 5) is 22.7. The number of rotatable bonds is 3. The summed E-state index contributed by atoms with van der Waals surface area (Å²) in [5.74, 6) is -2.01. The quantitative estimate of drug-likeness (QED) is 0.881. The molecule has 1 aromatic heterocycles. The van der Waals surface area contributed by atoms with Crippen LogP contribution >= 0.6 is 0 Å². The number of aromatic nitrogens is 1. The van der Waals surface area contributed by atoms with Gasteiger partial charge in [0, 0.05) is 23.0 Å². The fourth-order valence-corrected chi connectivity index (χ4v) is 2.95. The summed E-state index contributed by atoms with van der Waals surface area (Å²) < 4.78 is 38.1. The molecule has 0 aliphatic rings. The largest absolute Gasteiger partial charge is 0.471 e. The van der Waals surface area contributed by atoms with Crippen molar-refractivity contribution in [2.75, 3.05) is 6.54 Å². The third-order valence-corrected chi connectivity index (χ3v) is 3.80. The second-order valence-corrected chi connectivity index (χ2v) is 6.72. The normalized spacial score (nSPS) is 12.4. The molecule has 136 valence electrons. The van der Waals surface area contributed by atoms with E-state index < -0.39 is 23.6 Å². The fraction of sp³-hybridized carbons (Fsp3) is 0.412. The molecular weight excluding hydrogens is 337 g/mol. The van der Waals surface area contributed by atoms with Crippen LogP contribution in [0.2, 0.25) is 0 Å². The molecule has 0 radical (unpaired) electrons. The lowest BCUT2D eigenvalue weighted by atomic mass is 9.87. The smallest absolute Gasteiger partial charge is 0.464 e. The molecule has 0 aliphatic carbocycles. The van der Waals surface area contributed by atoms with E-state index >= 15 is 0 Å². The van der Waals surface area contributed by atoms with Gasteiger partial charge < -0.3 is 10.4 Å². The van der Waals surface area contributed by atoms with Crippen molar-refractivity contribution in [2.45, 2.75) is 38.8 Å². The average molecular weight is 356 g/mol. The number of carboxylic acid groups (broad SMARTS) is 1. The van der Waals surface area contributed by atoms with Gasteiger partial charge in [-0.3, -0.25) is 4.79 Å². The average Bonchev–Trinajstić information content (AvgIpc) is 2.81. The van der Waals surface area contributed by atoms with Gasteiger partial charge >= 0.3 is 18.2 Å². The summed E-state index contributed by atoms with van der Waals surface area (Å²) in [7, 11) is 0. The van der Waals surface area contributed by atoms with Gasteiger partial charge in [-0.25, -0.2) is 9.36 Å². The highest BCUT2D eigenvalue weighted by Gasteiger charge is 2.38. The van der Waals surface area contributed by atoms with Crippen molar-refractivity contribution in [3.05, 3.63) is 35.5 Å². The van der Waals surface area contributed by atoms with Gasteiger partial charge in [0.2, 0.25) is 0 Å². The first-order valence-electron chi connectivity index (χ1n) is 7.65. The monoisotopic (exact) mass is 356 g/mol. The molecule has 0 aliphatic heterocycles. The SMILES string of the molecule is CC(C)(C)c1c(CCNC(=O)C(F)(F)F)c2ccccc2n1C(=O)O. The Morgan fingerprint density at radius 2 is 1.76 bits per heavy atom. The number of carbonyl (C=O) groups is 2. The molecule has 1 amide bonds. The number of halogens is 3. The molecule has 2 aromatic rings. The van der Waals surface area contributed by atoms with Gasteiger partial charge in [0.15, 0.2) is 0 Å². The minimum Gasteiger partial charge on any atom is -0.464 e. The maximum absolute atomic E-state index is 12.3. The molecule has 0 saturated carbocycles. The van der Waals surface area contributed by atoms with Crippen LogP contribution < -0.4 is 5.32 Å². The zero-order valence-corrected chi connectivity index (χ0v) is 14.1. The van der Waals surface area contributed by atoms with E-state index in [0.717, 1.165) is 4.57 Å². The Kier molecular flexibility index (Phi) is 4.83. The predicted molar refractivity (Wildman–Crippen MR) is 86.8 cm³/mol. The predicted octanol–water partition coefficient (Wildman–Crippen LogP) is 3.69. The first-order chi connectivity index (χ1) is 11.4. The summed E-state index contributed by atoms with van der Waals surface area (Å²) in [6.45, 7) is 5.25. The zero-order chi connectivity index (χ0) is 19.0. The number of nitrogens with one attached hydrogen (secondary N) is 1. The molecule has 8 heteroatoms. The van der Waals surface area contributed by atoms with Crippen molar-refractivity contribution in [1.82, 2.24) is 9.88 Å². The van der Waals surface area contributed by atoms with Crippen LogP contribution in [0.4, 0.5) is 18.0 Å². The molecule has 1 heterocycles. The van der Waals surface area contributed by atoms with Crippen molar-refractivity contribution in [2.24, 2.45) is 0 Å². The van der Waals surface area contributed by atoms with Crippen LogP contribution in [0.5, 0.6) is 0 Å².